The van der Waals surface area contributed by atoms with Crippen molar-refractivity contribution < 1.29 is 17.6 Å². The van der Waals surface area contributed by atoms with Gasteiger partial charge in [-0.15, -0.1) is 0 Å². The summed E-state index contributed by atoms with van der Waals surface area (Å²) in [4.78, 5) is 1.87. The minimum atomic E-state index is -3.16. The van der Waals surface area contributed by atoms with Crippen LogP contribution in [0.25, 0.3) is 0 Å². The Bertz CT molecular complexity index is 582. The summed E-state index contributed by atoms with van der Waals surface area (Å²) < 4.78 is 39.7. The molecule has 0 saturated carbocycles. The Kier molecular flexibility index (Phi) is 7.18. The highest BCUT2D eigenvalue weighted by Gasteiger charge is 2.42. The first-order chi connectivity index (χ1) is 10.7. The zero-order valence-electron chi connectivity index (χ0n) is 16.1. The smallest absolute Gasteiger partial charge is 0.238 e. The van der Waals surface area contributed by atoms with Crippen LogP contribution in [0.15, 0.2) is 24.3 Å². The van der Waals surface area contributed by atoms with Gasteiger partial charge < -0.3 is 13.5 Å². The van der Waals surface area contributed by atoms with Gasteiger partial charge in [-0.2, -0.15) is 0 Å². The van der Waals surface area contributed by atoms with E-state index in [0.29, 0.717) is 11.8 Å². The van der Waals surface area contributed by atoms with Gasteiger partial charge in [0.05, 0.1) is 6.29 Å². The van der Waals surface area contributed by atoms with Gasteiger partial charge in [-0.05, 0) is 71.1 Å². The minimum absolute atomic E-state index is 0.295. The quantitative estimate of drug-likeness (QED) is 0.444. The van der Waals surface area contributed by atoms with E-state index in [4.69, 9.17) is 8.64 Å². The molecule has 24 heavy (non-hydrogen) atoms. The van der Waals surface area contributed by atoms with Crippen molar-refractivity contribution in [3.8, 4) is 0 Å². The highest BCUT2D eigenvalue weighted by molar-refractivity contribution is 7.60. The summed E-state index contributed by atoms with van der Waals surface area (Å²) in [6, 6.07) is 6.06. The van der Waals surface area contributed by atoms with E-state index in [9.17, 15) is 8.96 Å². The summed E-state index contributed by atoms with van der Waals surface area (Å²) in [6.07, 6.45) is 0.295. The summed E-state index contributed by atoms with van der Waals surface area (Å²) in [7, 11) is -3.49. The molecule has 0 fully saturated rings. The maximum absolute atomic E-state index is 13.9. The summed E-state index contributed by atoms with van der Waals surface area (Å²) in [5.41, 5.74) is 0.710. The lowest BCUT2D eigenvalue weighted by Gasteiger charge is -2.37. The Morgan fingerprint density at radius 3 is 1.92 bits per heavy atom. The first-order valence-electron chi connectivity index (χ1n) is 8.09. The lowest BCUT2D eigenvalue weighted by molar-refractivity contribution is 0.247. The van der Waals surface area contributed by atoms with Crippen LogP contribution in [0.5, 0.6) is 0 Å². The molecule has 0 heterocycles. The molecule has 4 nitrogen and oxygen atoms in total. The molecule has 0 bridgehead atoms. The summed E-state index contributed by atoms with van der Waals surface area (Å²) >= 11 is 0. The van der Waals surface area contributed by atoms with E-state index in [0.717, 1.165) is 0 Å². The summed E-state index contributed by atoms with van der Waals surface area (Å²) in [6.45, 7) is 12.2. The molecule has 2 unspecified atom stereocenters. The Morgan fingerprint density at radius 1 is 1.04 bits per heavy atom. The number of hydrogen-bond donors (Lipinski definition) is 0. The molecule has 1 aromatic carbocycles. The van der Waals surface area contributed by atoms with Crippen LogP contribution < -0.4 is 0 Å². The van der Waals surface area contributed by atoms with Crippen molar-refractivity contribution in [3.63, 3.8) is 0 Å². The van der Waals surface area contributed by atoms with Gasteiger partial charge in [0, 0.05) is 0 Å². The zero-order chi connectivity index (χ0) is 18.8. The molecule has 1 aromatic rings. The van der Waals surface area contributed by atoms with E-state index in [1.54, 1.807) is 12.1 Å². The molecular formula is C16H31FNO3PSi2. The maximum atomic E-state index is 13.9. The Balaban J connectivity index is 3.39. The fourth-order valence-corrected chi connectivity index (χ4v) is 10.6. The van der Waals surface area contributed by atoms with Crippen LogP contribution in [0, 0.1) is 5.82 Å². The second kappa shape index (κ2) is 7.93. The number of rotatable bonds is 8. The molecule has 0 saturated heterocycles. The first-order valence-corrected chi connectivity index (χ1v) is 16.8. The zero-order valence-corrected chi connectivity index (χ0v) is 19.0. The van der Waals surface area contributed by atoms with Crippen molar-refractivity contribution in [2.24, 2.45) is 0 Å². The van der Waals surface area contributed by atoms with Crippen molar-refractivity contribution in [3.05, 3.63) is 35.6 Å². The van der Waals surface area contributed by atoms with Crippen molar-refractivity contribution >= 4 is 24.0 Å². The van der Waals surface area contributed by atoms with Gasteiger partial charge in [0.15, 0.2) is 16.6 Å². The molecule has 0 N–H and O–H groups in total. The molecule has 0 radical (unpaired) electrons. The fourth-order valence-electron chi connectivity index (χ4n) is 2.35. The van der Waals surface area contributed by atoms with E-state index in [2.05, 4.69) is 19.6 Å². The summed E-state index contributed by atoms with van der Waals surface area (Å²) in [5.74, 6) is -0.988. The Morgan fingerprint density at radius 2 is 1.54 bits per heavy atom. The third-order valence-corrected chi connectivity index (χ3v) is 9.53. The minimum Gasteiger partial charge on any atom is -0.402 e. The standard InChI is InChI=1S/C16H31FNO3PSi2/c1-18(2)13-22(19,21-24(6,7)8)16(20-23(3,4)5)14-9-11-15(17)12-10-14/h9-12,16H,13H2,1-8H3. The molecule has 1 rings (SSSR count). The normalized spacial score (nSPS) is 16.9. The van der Waals surface area contributed by atoms with Crippen LogP contribution in [-0.4, -0.2) is 41.9 Å². The van der Waals surface area contributed by atoms with Crippen molar-refractivity contribution in [2.75, 3.05) is 20.4 Å². The molecule has 0 aliphatic carbocycles. The van der Waals surface area contributed by atoms with Crippen molar-refractivity contribution in [1.29, 1.82) is 0 Å². The van der Waals surface area contributed by atoms with E-state index >= 15 is 0 Å². The van der Waals surface area contributed by atoms with Crippen LogP contribution in [0.3, 0.4) is 0 Å². The second-order valence-electron chi connectivity index (χ2n) is 8.29. The monoisotopic (exact) mass is 391 g/mol. The van der Waals surface area contributed by atoms with Crippen LogP contribution in [0.2, 0.25) is 39.3 Å². The Hall–Kier alpha value is -0.306. The van der Waals surface area contributed by atoms with Gasteiger partial charge in [-0.25, -0.2) is 4.39 Å². The van der Waals surface area contributed by atoms with E-state index in [-0.39, 0.29) is 5.82 Å². The van der Waals surface area contributed by atoms with Gasteiger partial charge in [0.2, 0.25) is 7.37 Å². The topological polar surface area (TPSA) is 38.8 Å². The third kappa shape index (κ3) is 7.29. The molecule has 8 heteroatoms. The lowest BCUT2D eigenvalue weighted by Crippen LogP contribution is -2.33. The predicted octanol–water partition coefficient (Wildman–Crippen LogP) is 5.32. The van der Waals surface area contributed by atoms with Crippen LogP contribution in [0.4, 0.5) is 4.39 Å². The SMILES string of the molecule is CN(C)CP(=O)(O[Si](C)(C)C)C(O[Si](C)(C)C)c1ccc(F)cc1. The first kappa shape index (κ1) is 21.7. The number of hydrogen-bond acceptors (Lipinski definition) is 4. The molecule has 0 spiro atoms. The van der Waals surface area contributed by atoms with Gasteiger partial charge in [0.1, 0.15) is 11.7 Å². The summed E-state index contributed by atoms with van der Waals surface area (Å²) in [5, 5.41) is 0. The molecule has 0 aliphatic heterocycles. The maximum Gasteiger partial charge on any atom is 0.238 e. The molecule has 138 valence electrons. The van der Waals surface area contributed by atoms with Crippen LogP contribution in [0.1, 0.15) is 11.4 Å². The van der Waals surface area contributed by atoms with E-state index in [1.165, 1.54) is 12.1 Å². The van der Waals surface area contributed by atoms with Crippen LogP contribution >= 0.6 is 7.37 Å². The Labute approximate surface area is 148 Å². The van der Waals surface area contributed by atoms with Gasteiger partial charge in [0.25, 0.3) is 0 Å². The van der Waals surface area contributed by atoms with Gasteiger partial charge in [-0.1, -0.05) is 12.1 Å². The second-order valence-corrected chi connectivity index (χ2v) is 19.9. The van der Waals surface area contributed by atoms with Crippen LogP contribution in [-0.2, 0) is 13.2 Å². The average Bonchev–Trinajstić information content (AvgIpc) is 2.32. The number of halogens is 1. The molecule has 2 atom stereocenters. The largest absolute Gasteiger partial charge is 0.402 e. The highest BCUT2D eigenvalue weighted by atomic mass is 31.2. The fraction of sp³-hybridized carbons (Fsp3) is 0.625. The predicted molar refractivity (Wildman–Crippen MR) is 104 cm³/mol. The highest BCUT2D eigenvalue weighted by Crippen LogP contribution is 2.62. The van der Waals surface area contributed by atoms with E-state index in [1.807, 2.05) is 38.6 Å². The average molecular weight is 392 g/mol. The molecule has 0 aromatic heterocycles. The van der Waals surface area contributed by atoms with Crippen molar-refractivity contribution in [1.82, 2.24) is 4.90 Å². The molecule has 0 aliphatic rings. The number of nitrogens with zero attached hydrogens (tertiary/aromatic N) is 1. The molecular weight excluding hydrogens is 360 g/mol. The van der Waals surface area contributed by atoms with E-state index < -0.39 is 29.8 Å². The third-order valence-electron chi connectivity index (χ3n) is 2.89. The molecule has 0 amide bonds. The number of benzene rings is 1. The van der Waals surface area contributed by atoms with Crippen molar-refractivity contribution in [2.45, 2.75) is 45.1 Å². The lowest BCUT2D eigenvalue weighted by atomic mass is 10.2. The van der Waals surface area contributed by atoms with Gasteiger partial charge >= 0.3 is 0 Å². The van der Waals surface area contributed by atoms with Gasteiger partial charge in [-0.3, -0.25) is 4.57 Å².